The smallest absolute Gasteiger partial charge is 0.336 e. The number of hydrogen-bond acceptors (Lipinski definition) is 3. The number of unbranched alkanes of at least 4 members (excludes halogenated alkanes) is 7. The molecule has 18 heavy (non-hydrogen) atoms. The fraction of sp³-hybridized carbons (Fsp3) is 0.800. The van der Waals surface area contributed by atoms with Crippen molar-refractivity contribution < 1.29 is 14.6 Å². The molecule has 0 aliphatic carbocycles. The molecule has 0 aromatic heterocycles. The molecule has 0 saturated carbocycles. The summed E-state index contributed by atoms with van der Waals surface area (Å²) >= 11 is 0. The van der Waals surface area contributed by atoms with E-state index in [1.807, 2.05) is 6.08 Å². The van der Waals surface area contributed by atoms with Crippen molar-refractivity contribution in [2.24, 2.45) is 0 Å². The Balaban J connectivity index is 2.11. The van der Waals surface area contributed by atoms with Gasteiger partial charge >= 0.3 is 5.97 Å². The van der Waals surface area contributed by atoms with E-state index in [1.165, 1.54) is 38.5 Å². The van der Waals surface area contributed by atoms with Crippen molar-refractivity contribution in [1.82, 2.24) is 0 Å². The molecule has 0 amide bonds. The van der Waals surface area contributed by atoms with Gasteiger partial charge in [0.15, 0.2) is 0 Å². The molecule has 0 spiro atoms. The number of rotatable bonds is 8. The minimum absolute atomic E-state index is 0.349. The van der Waals surface area contributed by atoms with E-state index >= 15 is 0 Å². The molecule has 0 unspecified atom stereocenters. The van der Waals surface area contributed by atoms with E-state index < -0.39 is 12.2 Å². The molecule has 0 bridgehead atoms. The van der Waals surface area contributed by atoms with E-state index in [2.05, 4.69) is 6.92 Å². The number of esters is 1. The van der Waals surface area contributed by atoms with Crippen LogP contribution < -0.4 is 0 Å². The highest BCUT2D eigenvalue weighted by Gasteiger charge is 2.34. The summed E-state index contributed by atoms with van der Waals surface area (Å²) in [5.41, 5.74) is 0.452. The first kappa shape index (κ1) is 15.2. The Hall–Kier alpha value is -0.830. The fourth-order valence-electron chi connectivity index (χ4n) is 2.24. The van der Waals surface area contributed by atoms with Crippen LogP contribution in [0.3, 0.4) is 0 Å². The predicted molar refractivity (Wildman–Crippen MR) is 72.3 cm³/mol. The van der Waals surface area contributed by atoms with Gasteiger partial charge in [-0.15, -0.1) is 0 Å². The van der Waals surface area contributed by atoms with E-state index in [1.54, 1.807) is 6.92 Å². The quantitative estimate of drug-likeness (QED) is 0.410. The van der Waals surface area contributed by atoms with Crippen LogP contribution in [0.2, 0.25) is 0 Å². The summed E-state index contributed by atoms with van der Waals surface area (Å²) in [5, 5.41) is 9.71. The molecule has 104 valence electrons. The van der Waals surface area contributed by atoms with Gasteiger partial charge in [-0.05, 0) is 19.8 Å². The molecule has 0 aromatic carbocycles. The van der Waals surface area contributed by atoms with Gasteiger partial charge in [-0.25, -0.2) is 4.79 Å². The number of aliphatic hydroxyl groups excluding tert-OH is 1. The zero-order valence-electron chi connectivity index (χ0n) is 11.7. The van der Waals surface area contributed by atoms with Crippen LogP contribution in [0.5, 0.6) is 0 Å². The lowest BCUT2D eigenvalue weighted by molar-refractivity contribution is -0.138. The first-order valence-corrected chi connectivity index (χ1v) is 7.26. The molecule has 0 aromatic rings. The van der Waals surface area contributed by atoms with Gasteiger partial charge in [-0.2, -0.15) is 0 Å². The SMILES string of the molecule is CCCCCCCCC/C=C1\C(=O)O[C@H](C)[C@H]1O. The Morgan fingerprint density at radius 2 is 1.78 bits per heavy atom. The van der Waals surface area contributed by atoms with E-state index in [9.17, 15) is 9.90 Å². The summed E-state index contributed by atoms with van der Waals surface area (Å²) in [6.07, 6.45) is 10.4. The maximum absolute atomic E-state index is 11.4. The molecule has 3 heteroatoms. The molecule has 1 heterocycles. The number of carbonyl (C=O) groups excluding carboxylic acids is 1. The monoisotopic (exact) mass is 254 g/mol. The Kier molecular flexibility index (Phi) is 7.02. The summed E-state index contributed by atoms with van der Waals surface area (Å²) in [7, 11) is 0. The largest absolute Gasteiger partial charge is 0.456 e. The predicted octanol–water partition coefficient (Wildman–Crippen LogP) is 3.36. The van der Waals surface area contributed by atoms with Crippen LogP contribution in [0.4, 0.5) is 0 Å². The lowest BCUT2D eigenvalue weighted by atomic mass is 10.0. The first-order chi connectivity index (χ1) is 8.66. The van der Waals surface area contributed by atoms with E-state index in [0.717, 1.165) is 12.8 Å². The summed E-state index contributed by atoms with van der Waals surface area (Å²) in [6, 6.07) is 0. The van der Waals surface area contributed by atoms with Crippen molar-refractivity contribution in [3.05, 3.63) is 11.6 Å². The lowest BCUT2D eigenvalue weighted by Crippen LogP contribution is -2.17. The highest BCUT2D eigenvalue weighted by Crippen LogP contribution is 2.21. The average molecular weight is 254 g/mol. The van der Waals surface area contributed by atoms with Crippen LogP contribution in [0.1, 0.15) is 65.2 Å². The number of carbonyl (C=O) groups is 1. The number of allylic oxidation sites excluding steroid dienone is 1. The third-order valence-electron chi connectivity index (χ3n) is 3.46. The van der Waals surface area contributed by atoms with Gasteiger partial charge in [-0.3, -0.25) is 0 Å². The maximum Gasteiger partial charge on any atom is 0.336 e. The summed E-state index contributed by atoms with van der Waals surface area (Å²) < 4.78 is 4.95. The standard InChI is InChI=1S/C15H26O3/c1-3-4-5-6-7-8-9-10-11-13-14(16)12(2)18-15(13)17/h11-12,14,16H,3-10H2,1-2H3/b13-11-/t12-,14-/m1/s1. The molecule has 1 aliphatic rings. The second-order valence-corrected chi connectivity index (χ2v) is 5.12. The molecule has 3 nitrogen and oxygen atoms in total. The van der Waals surface area contributed by atoms with Gasteiger partial charge in [0.05, 0.1) is 5.57 Å². The van der Waals surface area contributed by atoms with Gasteiger partial charge in [0.25, 0.3) is 0 Å². The third kappa shape index (κ3) is 4.81. The van der Waals surface area contributed by atoms with E-state index in [4.69, 9.17) is 4.74 Å². The summed E-state index contributed by atoms with van der Waals surface area (Å²) in [6.45, 7) is 3.94. The summed E-state index contributed by atoms with van der Waals surface area (Å²) in [5.74, 6) is -0.349. The molecule has 1 aliphatic heterocycles. The van der Waals surface area contributed by atoms with Gasteiger partial charge in [0, 0.05) is 0 Å². The first-order valence-electron chi connectivity index (χ1n) is 7.26. The van der Waals surface area contributed by atoms with Crippen molar-refractivity contribution >= 4 is 5.97 Å². The maximum atomic E-state index is 11.4. The number of ether oxygens (including phenoxy) is 1. The second-order valence-electron chi connectivity index (χ2n) is 5.12. The minimum atomic E-state index is -0.734. The molecule has 1 N–H and O–H groups in total. The Morgan fingerprint density at radius 3 is 2.33 bits per heavy atom. The normalized spacial score (nSPS) is 25.7. The zero-order valence-corrected chi connectivity index (χ0v) is 11.7. The highest BCUT2D eigenvalue weighted by molar-refractivity contribution is 5.92. The second kappa shape index (κ2) is 8.30. The average Bonchev–Trinajstić information content (AvgIpc) is 2.58. The Labute approximate surface area is 110 Å². The van der Waals surface area contributed by atoms with Crippen molar-refractivity contribution in [3.63, 3.8) is 0 Å². The molecular formula is C15H26O3. The van der Waals surface area contributed by atoms with E-state index in [-0.39, 0.29) is 5.97 Å². The minimum Gasteiger partial charge on any atom is -0.456 e. The number of cyclic esters (lactones) is 1. The zero-order chi connectivity index (χ0) is 13.4. The Morgan fingerprint density at radius 1 is 1.17 bits per heavy atom. The molecule has 0 radical (unpaired) electrons. The highest BCUT2D eigenvalue weighted by atomic mass is 16.6. The van der Waals surface area contributed by atoms with Gasteiger partial charge in [0.2, 0.25) is 0 Å². The van der Waals surface area contributed by atoms with Crippen molar-refractivity contribution in [2.45, 2.75) is 77.4 Å². The van der Waals surface area contributed by atoms with E-state index in [0.29, 0.717) is 5.57 Å². The van der Waals surface area contributed by atoms with Crippen molar-refractivity contribution in [3.8, 4) is 0 Å². The number of hydrogen-bond donors (Lipinski definition) is 1. The lowest BCUT2D eigenvalue weighted by Gasteiger charge is -2.04. The van der Waals surface area contributed by atoms with Crippen LogP contribution in [-0.4, -0.2) is 23.3 Å². The molecular weight excluding hydrogens is 228 g/mol. The molecule has 1 saturated heterocycles. The van der Waals surface area contributed by atoms with Crippen molar-refractivity contribution in [2.75, 3.05) is 0 Å². The summed E-state index contributed by atoms with van der Waals surface area (Å²) in [4.78, 5) is 11.4. The van der Waals surface area contributed by atoms with Gasteiger partial charge in [-0.1, -0.05) is 51.5 Å². The molecule has 1 rings (SSSR count). The van der Waals surface area contributed by atoms with Gasteiger partial charge in [0.1, 0.15) is 12.2 Å². The van der Waals surface area contributed by atoms with Gasteiger partial charge < -0.3 is 9.84 Å². The topological polar surface area (TPSA) is 46.5 Å². The van der Waals surface area contributed by atoms with Crippen LogP contribution in [0.15, 0.2) is 11.6 Å². The van der Waals surface area contributed by atoms with Crippen LogP contribution in [0.25, 0.3) is 0 Å². The van der Waals surface area contributed by atoms with Crippen molar-refractivity contribution in [1.29, 1.82) is 0 Å². The van der Waals surface area contributed by atoms with Crippen LogP contribution in [0, 0.1) is 0 Å². The Bertz CT molecular complexity index is 283. The molecule has 1 fully saturated rings. The third-order valence-corrected chi connectivity index (χ3v) is 3.46. The number of aliphatic hydroxyl groups is 1. The molecule has 2 atom stereocenters. The fourth-order valence-corrected chi connectivity index (χ4v) is 2.24. The van der Waals surface area contributed by atoms with Crippen LogP contribution in [-0.2, 0) is 9.53 Å². The van der Waals surface area contributed by atoms with Crippen LogP contribution >= 0.6 is 0 Å².